The van der Waals surface area contributed by atoms with Crippen molar-refractivity contribution in [2.75, 3.05) is 6.54 Å². The van der Waals surface area contributed by atoms with Crippen LogP contribution in [-0.2, 0) is 38.2 Å². The van der Waals surface area contributed by atoms with Gasteiger partial charge in [0.05, 0.1) is 22.4 Å². The maximum Gasteiger partial charge on any atom is 0.416 e. The van der Waals surface area contributed by atoms with E-state index in [1.165, 1.54) is 22.5 Å². The zero-order chi connectivity index (χ0) is 27.8. The number of rotatable bonds is 8. The van der Waals surface area contributed by atoms with Gasteiger partial charge in [-0.25, -0.2) is 12.6 Å². The Kier molecular flexibility index (Phi) is 7.49. The fourth-order valence-electron chi connectivity index (χ4n) is 4.70. The summed E-state index contributed by atoms with van der Waals surface area (Å²) < 4.78 is 84.8. The molecule has 0 saturated carbocycles. The molecule has 1 aliphatic rings. The second-order valence-corrected chi connectivity index (χ2v) is 12.6. The Bertz CT molecular complexity index is 1610. The molecule has 204 valence electrons. The monoisotopic (exact) mass is 575 g/mol. The van der Waals surface area contributed by atoms with Gasteiger partial charge in [0.2, 0.25) is 5.09 Å². The Morgan fingerprint density at radius 2 is 1.72 bits per heavy atom. The predicted octanol–water partition coefficient (Wildman–Crippen LogP) is 5.97. The highest BCUT2D eigenvalue weighted by Gasteiger charge is 2.40. The molecule has 2 atom stereocenters. The summed E-state index contributed by atoms with van der Waals surface area (Å²) >= 11 is 0. The van der Waals surface area contributed by atoms with E-state index in [1.807, 2.05) is 0 Å². The minimum absolute atomic E-state index is 0.0766. The maximum atomic E-state index is 13.3. The van der Waals surface area contributed by atoms with E-state index < -0.39 is 38.6 Å². The molecule has 0 bridgehead atoms. The number of hydrogen-bond acceptors (Lipinski definition) is 5. The summed E-state index contributed by atoms with van der Waals surface area (Å²) in [7, 11) is -5.71. The number of benzene rings is 3. The first kappa shape index (κ1) is 27.3. The minimum Gasteiger partial charge on any atom is -0.443 e. The van der Waals surface area contributed by atoms with Crippen LogP contribution in [0.25, 0.3) is 11.0 Å². The van der Waals surface area contributed by atoms with Crippen molar-refractivity contribution in [3.05, 3.63) is 90.0 Å². The van der Waals surface area contributed by atoms with Crippen molar-refractivity contribution in [3.63, 3.8) is 0 Å². The van der Waals surface area contributed by atoms with Crippen molar-refractivity contribution in [2.24, 2.45) is 0 Å². The first-order chi connectivity index (χ1) is 18.5. The van der Waals surface area contributed by atoms with Crippen LogP contribution < -0.4 is 0 Å². The molecule has 1 fully saturated rings. The lowest BCUT2D eigenvalue weighted by Gasteiger charge is -2.21. The van der Waals surface area contributed by atoms with Crippen molar-refractivity contribution in [3.8, 4) is 0 Å². The minimum atomic E-state index is -4.48. The first-order valence-corrected chi connectivity index (χ1v) is 14.8. The van der Waals surface area contributed by atoms with Crippen LogP contribution >= 0.6 is 0 Å². The second kappa shape index (κ2) is 10.7. The number of hydrogen-bond donors (Lipinski definition) is 0. The van der Waals surface area contributed by atoms with E-state index in [-0.39, 0.29) is 28.7 Å². The van der Waals surface area contributed by atoms with Crippen LogP contribution in [0.3, 0.4) is 0 Å². The second-order valence-electron chi connectivity index (χ2n) is 9.28. The maximum absolute atomic E-state index is 13.3. The standard InChI is InChI=1S/C28H24F3NO5S2/c29-28(30,31)21-11-13-22(14-12-21)38(34)23-7-3-5-19(17-23)10-15-25(33)24-8-4-16-32(24)39(35,36)27-18-20-6-1-2-9-26(20)37-27/h1-3,5-7,9,11-14,17-18,24H,4,8,10,15-16H2/t24-,38?/m0/s1. The van der Waals surface area contributed by atoms with Crippen LogP contribution in [0.4, 0.5) is 13.2 Å². The number of furan rings is 1. The number of para-hydroxylation sites is 1. The SMILES string of the molecule is O=C(CCc1cccc(S(=O)c2ccc(C(F)(F)F)cc2)c1)[C@@H]1CCCN1S(=O)(=O)c1cc2ccccc2o1. The highest BCUT2D eigenvalue weighted by atomic mass is 32.2. The quantitative estimate of drug-likeness (QED) is 0.258. The van der Waals surface area contributed by atoms with Gasteiger partial charge in [0.25, 0.3) is 10.0 Å². The number of carbonyl (C=O) groups is 1. The van der Waals surface area contributed by atoms with E-state index >= 15 is 0 Å². The fourth-order valence-corrected chi connectivity index (χ4v) is 7.45. The van der Waals surface area contributed by atoms with Crippen molar-refractivity contribution in [2.45, 2.75) is 52.8 Å². The van der Waals surface area contributed by atoms with Gasteiger partial charge < -0.3 is 4.42 Å². The Hall–Kier alpha value is -3.28. The summed E-state index contributed by atoms with van der Waals surface area (Å²) in [5.74, 6) is -0.221. The van der Waals surface area contributed by atoms with E-state index in [0.29, 0.717) is 40.7 Å². The summed E-state index contributed by atoms with van der Waals surface area (Å²) in [4.78, 5) is 13.8. The normalized spacial score (nSPS) is 17.5. The summed E-state index contributed by atoms with van der Waals surface area (Å²) in [5.41, 5.74) is 0.344. The molecule has 6 nitrogen and oxygen atoms in total. The van der Waals surface area contributed by atoms with E-state index in [0.717, 1.165) is 12.1 Å². The van der Waals surface area contributed by atoms with Gasteiger partial charge in [-0.3, -0.25) is 4.79 Å². The Labute approximate surface area is 225 Å². The molecule has 3 aromatic carbocycles. The van der Waals surface area contributed by atoms with E-state index in [2.05, 4.69) is 0 Å². The lowest BCUT2D eigenvalue weighted by molar-refractivity contribution is -0.137. The van der Waals surface area contributed by atoms with Crippen LogP contribution in [0.1, 0.15) is 30.4 Å². The molecular weight excluding hydrogens is 551 g/mol. The number of Topliss-reactive ketones (excluding diaryl/α,β-unsaturated/α-hetero) is 1. The van der Waals surface area contributed by atoms with Crippen LogP contribution in [0.15, 0.2) is 98.2 Å². The van der Waals surface area contributed by atoms with Crippen LogP contribution in [0.2, 0.25) is 0 Å². The number of sulfonamides is 1. The van der Waals surface area contributed by atoms with Gasteiger partial charge in [-0.2, -0.15) is 17.5 Å². The van der Waals surface area contributed by atoms with Gasteiger partial charge >= 0.3 is 6.18 Å². The van der Waals surface area contributed by atoms with E-state index in [4.69, 9.17) is 4.42 Å². The zero-order valence-corrected chi connectivity index (χ0v) is 22.2. The van der Waals surface area contributed by atoms with E-state index in [1.54, 1.807) is 48.5 Å². The highest BCUT2D eigenvalue weighted by molar-refractivity contribution is 7.89. The fraction of sp³-hybridized carbons (Fsp3) is 0.250. The molecular formula is C28H24F3NO5S2. The lowest BCUT2D eigenvalue weighted by Crippen LogP contribution is -2.40. The van der Waals surface area contributed by atoms with Gasteiger partial charge in [0.1, 0.15) is 5.58 Å². The van der Waals surface area contributed by atoms with Gasteiger partial charge in [-0.15, -0.1) is 0 Å². The molecule has 39 heavy (non-hydrogen) atoms. The average Bonchev–Trinajstić information content (AvgIpc) is 3.60. The zero-order valence-electron chi connectivity index (χ0n) is 20.6. The average molecular weight is 576 g/mol. The number of nitrogens with zero attached hydrogens (tertiary/aromatic N) is 1. The molecule has 1 aliphatic heterocycles. The number of ketones is 1. The lowest BCUT2D eigenvalue weighted by atomic mass is 10.0. The Morgan fingerprint density at radius 3 is 2.44 bits per heavy atom. The van der Waals surface area contributed by atoms with E-state index in [9.17, 15) is 30.6 Å². The molecule has 0 radical (unpaired) electrons. The first-order valence-electron chi connectivity index (χ1n) is 12.3. The molecule has 0 amide bonds. The van der Waals surface area contributed by atoms with Crippen molar-refractivity contribution >= 4 is 37.6 Å². The molecule has 1 unspecified atom stereocenters. The van der Waals surface area contributed by atoms with Crippen molar-refractivity contribution in [1.29, 1.82) is 0 Å². The molecule has 0 spiro atoms. The van der Waals surface area contributed by atoms with Gasteiger partial charge in [0, 0.05) is 34.2 Å². The third kappa shape index (κ3) is 5.70. The number of aryl methyl sites for hydroxylation is 1. The molecule has 1 saturated heterocycles. The van der Waals surface area contributed by atoms with Crippen molar-refractivity contribution < 1.29 is 35.0 Å². The van der Waals surface area contributed by atoms with Gasteiger partial charge in [0.15, 0.2) is 5.78 Å². The third-order valence-electron chi connectivity index (χ3n) is 6.71. The third-order valence-corrected chi connectivity index (χ3v) is 9.86. The molecule has 0 aliphatic carbocycles. The Balaban J connectivity index is 1.26. The number of alkyl halides is 3. The summed E-state index contributed by atoms with van der Waals surface area (Å²) in [6.07, 6.45) is -3.14. The predicted molar refractivity (Wildman–Crippen MR) is 139 cm³/mol. The summed E-state index contributed by atoms with van der Waals surface area (Å²) in [5, 5.41) is 0.466. The molecule has 5 rings (SSSR count). The molecule has 0 N–H and O–H groups in total. The topological polar surface area (TPSA) is 84.7 Å². The molecule has 1 aromatic heterocycles. The number of fused-ring (bicyclic) bond motifs is 1. The molecule has 4 aromatic rings. The Morgan fingerprint density at radius 1 is 0.974 bits per heavy atom. The van der Waals surface area contributed by atoms with Crippen LogP contribution in [0.5, 0.6) is 0 Å². The number of carbonyl (C=O) groups excluding carboxylic acids is 1. The van der Waals surface area contributed by atoms with Crippen LogP contribution in [-0.4, -0.2) is 35.3 Å². The largest absolute Gasteiger partial charge is 0.443 e. The van der Waals surface area contributed by atoms with Gasteiger partial charge in [-0.05, 0) is 67.3 Å². The summed E-state index contributed by atoms with van der Waals surface area (Å²) in [6, 6.07) is 18.5. The summed E-state index contributed by atoms with van der Waals surface area (Å²) in [6.45, 7) is 0.220. The smallest absolute Gasteiger partial charge is 0.416 e. The van der Waals surface area contributed by atoms with Crippen LogP contribution in [0, 0.1) is 0 Å². The molecule has 2 heterocycles. The van der Waals surface area contributed by atoms with Gasteiger partial charge in [-0.1, -0.05) is 30.3 Å². The van der Waals surface area contributed by atoms with Crippen molar-refractivity contribution in [1.82, 2.24) is 4.31 Å². The number of halogens is 3. The molecule has 11 heteroatoms. The highest BCUT2D eigenvalue weighted by Crippen LogP contribution is 2.32.